The number of rotatable bonds is 11. The number of halogens is 6. The maximum atomic E-state index is 15.0. The molecule has 0 amide bonds. The van der Waals surface area contributed by atoms with Crippen LogP contribution in [0, 0.1) is 21.8 Å². The molecule has 0 radical (unpaired) electrons. The molecule has 1 fully saturated rings. The number of nitro groups is 1. The Kier molecular flexibility index (Phi) is 12.4. The van der Waals surface area contributed by atoms with E-state index in [1.807, 2.05) is 19.1 Å². The Labute approximate surface area is 274 Å². The smallest absolute Gasteiger partial charge is 0.427 e. The average Bonchev–Trinajstić information content (AvgIpc) is 2.87. The van der Waals surface area contributed by atoms with Gasteiger partial charge in [0, 0.05) is 11.4 Å². The summed E-state index contributed by atoms with van der Waals surface area (Å²) in [6.45, 7) is 7.50. The van der Waals surface area contributed by atoms with Gasteiger partial charge in [-0.1, -0.05) is 78.1 Å². The minimum Gasteiger partial charge on any atom is -0.471 e. The third-order valence-corrected chi connectivity index (χ3v) is 9.28. The van der Waals surface area contributed by atoms with Gasteiger partial charge in [0.1, 0.15) is 0 Å². The minimum absolute atomic E-state index is 0.0118. The van der Waals surface area contributed by atoms with E-state index in [-0.39, 0.29) is 32.1 Å². The van der Waals surface area contributed by atoms with E-state index in [1.54, 1.807) is 34.4 Å². The molecule has 0 aromatic heterocycles. The van der Waals surface area contributed by atoms with E-state index in [0.29, 0.717) is 11.5 Å². The number of aliphatic hydroxyl groups is 1. The fourth-order valence-electron chi connectivity index (χ4n) is 4.88. The van der Waals surface area contributed by atoms with Crippen LogP contribution in [0.4, 0.5) is 28.9 Å². The number of anilines is 1. The Hall–Kier alpha value is -1.11. The average molecular weight is 840 g/mol. The highest BCUT2D eigenvalue weighted by atomic mass is 127. The topological polar surface area (TPSA) is 85.1 Å². The SMILES string of the molecule is C[C@H](I)N(c1cccc(C(C)(C)C)c1)[C@H]1CSC[C@@H](Cc2cc(F)c([N+](=O)[O-])c(O[C@H](COCI)C(F)(F)F)c2)[C@@H]1O. The Balaban J connectivity index is 1.92. The van der Waals surface area contributed by atoms with Crippen LogP contribution in [0.1, 0.15) is 38.8 Å². The molecule has 7 nitrogen and oxygen atoms in total. The van der Waals surface area contributed by atoms with E-state index in [2.05, 4.69) is 60.4 Å². The van der Waals surface area contributed by atoms with Crippen LogP contribution in [0.2, 0.25) is 0 Å². The summed E-state index contributed by atoms with van der Waals surface area (Å²) in [5.41, 5.74) is 1.04. The fourth-order valence-corrected chi connectivity index (χ4v) is 7.23. The second-order valence-electron chi connectivity index (χ2n) is 11.2. The third kappa shape index (κ3) is 8.97. The molecule has 14 heteroatoms. The molecule has 3 rings (SSSR count). The number of aliphatic hydroxyl groups excluding tert-OH is 1. The number of nitrogens with zero attached hydrogens (tertiary/aromatic N) is 2. The Morgan fingerprint density at radius 3 is 2.48 bits per heavy atom. The molecule has 1 N–H and O–H groups in total. The number of alkyl halides is 5. The predicted molar refractivity (Wildman–Crippen MR) is 174 cm³/mol. The number of hydrogen-bond donors (Lipinski definition) is 1. The Morgan fingerprint density at radius 1 is 1.21 bits per heavy atom. The van der Waals surface area contributed by atoms with E-state index in [1.165, 1.54) is 0 Å². The summed E-state index contributed by atoms with van der Waals surface area (Å²) in [6.07, 6.45) is -8.20. The summed E-state index contributed by atoms with van der Waals surface area (Å²) in [6, 6.07) is 9.87. The first-order valence-electron chi connectivity index (χ1n) is 13.2. The maximum absolute atomic E-state index is 15.0. The van der Waals surface area contributed by atoms with E-state index >= 15 is 0 Å². The third-order valence-electron chi connectivity index (χ3n) is 7.00. The predicted octanol–water partition coefficient (Wildman–Crippen LogP) is 7.67. The molecule has 1 aliphatic heterocycles. The fraction of sp³-hybridized carbons (Fsp3) is 0.571. The van der Waals surface area contributed by atoms with Gasteiger partial charge in [-0.2, -0.15) is 29.3 Å². The summed E-state index contributed by atoms with van der Waals surface area (Å²) in [4.78, 5) is 12.6. The number of benzene rings is 2. The van der Waals surface area contributed by atoms with Crippen molar-refractivity contribution >= 4 is 68.3 Å². The minimum atomic E-state index is -4.90. The quantitative estimate of drug-likeness (QED) is 0.0622. The first kappa shape index (κ1) is 35.4. The van der Waals surface area contributed by atoms with Crippen LogP contribution >= 0.6 is 56.9 Å². The zero-order valence-corrected chi connectivity index (χ0v) is 28.7. The molecule has 0 unspecified atom stereocenters. The molecule has 0 spiro atoms. The second kappa shape index (κ2) is 14.8. The summed E-state index contributed by atoms with van der Waals surface area (Å²) >= 11 is 5.64. The molecule has 1 saturated heterocycles. The lowest BCUT2D eigenvalue weighted by Crippen LogP contribution is -2.54. The zero-order valence-electron chi connectivity index (χ0n) is 23.5. The molecule has 2 aromatic carbocycles. The summed E-state index contributed by atoms with van der Waals surface area (Å²) in [5.74, 6) is -1.37. The number of hydrogen-bond acceptors (Lipinski definition) is 7. The molecule has 0 bridgehead atoms. The molecule has 0 saturated carbocycles. The van der Waals surface area contributed by atoms with Gasteiger partial charge in [-0.3, -0.25) is 10.1 Å². The molecule has 42 heavy (non-hydrogen) atoms. The van der Waals surface area contributed by atoms with Gasteiger partial charge in [-0.25, -0.2) is 0 Å². The summed E-state index contributed by atoms with van der Waals surface area (Å²) < 4.78 is 65.5. The maximum Gasteiger partial charge on any atom is 0.427 e. The van der Waals surface area contributed by atoms with Crippen molar-refractivity contribution in [2.45, 2.75) is 68.0 Å². The van der Waals surface area contributed by atoms with Crippen LogP contribution in [-0.4, -0.2) is 61.2 Å². The van der Waals surface area contributed by atoms with Crippen LogP contribution in [-0.2, 0) is 16.6 Å². The van der Waals surface area contributed by atoms with Gasteiger partial charge in [-0.05, 0) is 65.8 Å². The van der Waals surface area contributed by atoms with Crippen LogP contribution in [0.5, 0.6) is 5.75 Å². The number of nitro benzene ring substituents is 1. The monoisotopic (exact) mass is 840 g/mol. The zero-order chi connectivity index (χ0) is 31.4. The van der Waals surface area contributed by atoms with E-state index in [9.17, 15) is 32.8 Å². The molecule has 5 atom stereocenters. The van der Waals surface area contributed by atoms with Gasteiger partial charge < -0.3 is 19.5 Å². The molecular formula is C28H34F4I2N2O5S. The lowest BCUT2D eigenvalue weighted by atomic mass is 9.86. The molecular weight excluding hydrogens is 806 g/mol. The van der Waals surface area contributed by atoms with Crippen molar-refractivity contribution < 1.29 is 37.1 Å². The summed E-state index contributed by atoms with van der Waals surface area (Å²) in [5, 5.41) is 23.1. The van der Waals surface area contributed by atoms with Crippen molar-refractivity contribution in [2.24, 2.45) is 5.92 Å². The molecule has 234 valence electrons. The summed E-state index contributed by atoms with van der Waals surface area (Å²) in [7, 11) is 0. The van der Waals surface area contributed by atoms with Crippen molar-refractivity contribution in [2.75, 3.05) is 27.6 Å². The standard InChI is InChI=1S/C28H34F4I2N2O5S/c1-16(34)35(20-7-5-6-19(11-20)27(2,3)4)22-14-42-13-18(26(22)37)8-17-9-21(29)25(36(38)39)23(10-17)41-24(12-40-15-33)28(30,31)32/h5-7,9-11,16,18,22,24,26,37H,8,12-15H2,1-4H3/t16-,18-,22+,24-,26+/m1/s1. The van der Waals surface area contributed by atoms with Gasteiger partial charge in [-0.15, -0.1) is 0 Å². The Bertz CT molecular complexity index is 1230. The highest BCUT2D eigenvalue weighted by molar-refractivity contribution is 14.1. The lowest BCUT2D eigenvalue weighted by molar-refractivity contribution is -0.389. The Morgan fingerprint density at radius 2 is 1.90 bits per heavy atom. The molecule has 1 aliphatic rings. The van der Waals surface area contributed by atoms with Crippen molar-refractivity contribution in [3.05, 3.63) is 63.5 Å². The van der Waals surface area contributed by atoms with E-state index in [4.69, 9.17) is 9.47 Å². The molecule has 2 aromatic rings. The van der Waals surface area contributed by atoms with Gasteiger partial charge in [0.25, 0.3) is 0 Å². The van der Waals surface area contributed by atoms with Crippen molar-refractivity contribution in [3.63, 3.8) is 0 Å². The van der Waals surface area contributed by atoms with Crippen molar-refractivity contribution in [1.29, 1.82) is 0 Å². The van der Waals surface area contributed by atoms with Crippen LogP contribution in [0.3, 0.4) is 0 Å². The molecule has 0 aliphatic carbocycles. The van der Waals surface area contributed by atoms with Gasteiger partial charge in [0.2, 0.25) is 17.7 Å². The second-order valence-corrected chi connectivity index (χ2v) is 14.7. The van der Waals surface area contributed by atoms with Gasteiger partial charge >= 0.3 is 11.9 Å². The van der Waals surface area contributed by atoms with Gasteiger partial charge in [0.15, 0.2) is 0 Å². The van der Waals surface area contributed by atoms with E-state index < -0.39 is 53.1 Å². The van der Waals surface area contributed by atoms with Crippen LogP contribution < -0.4 is 9.64 Å². The normalized spacial score (nSPS) is 21.1. The van der Waals surface area contributed by atoms with Crippen molar-refractivity contribution in [1.82, 2.24) is 0 Å². The lowest BCUT2D eigenvalue weighted by Gasteiger charge is -2.44. The molecule has 1 heterocycles. The highest BCUT2D eigenvalue weighted by Crippen LogP contribution is 2.39. The highest BCUT2D eigenvalue weighted by Gasteiger charge is 2.44. The number of ether oxygens (including phenoxy) is 2. The van der Waals surface area contributed by atoms with Gasteiger partial charge in [0.05, 0.1) is 32.3 Å². The largest absolute Gasteiger partial charge is 0.471 e. The first-order valence-corrected chi connectivity index (χ1v) is 17.1. The van der Waals surface area contributed by atoms with Crippen LogP contribution in [0.25, 0.3) is 0 Å². The van der Waals surface area contributed by atoms with E-state index in [0.717, 1.165) is 23.4 Å². The first-order chi connectivity index (χ1) is 19.5. The van der Waals surface area contributed by atoms with Crippen LogP contribution in [0.15, 0.2) is 36.4 Å². The number of thioether (sulfide) groups is 1. The van der Waals surface area contributed by atoms with Crippen molar-refractivity contribution in [3.8, 4) is 5.75 Å².